The minimum Gasteiger partial charge on any atom is -0.310 e. The highest BCUT2D eigenvalue weighted by atomic mass is 16.1. The molecule has 0 radical (unpaired) electrons. The van der Waals surface area contributed by atoms with E-state index in [2.05, 4.69) is 27.2 Å². The molecule has 6 heteroatoms. The van der Waals surface area contributed by atoms with Crippen LogP contribution in [0.2, 0.25) is 0 Å². The smallest absolute Gasteiger partial charge is 0.228 e. The molecular weight excluding hydrogens is 314 g/mol. The van der Waals surface area contributed by atoms with Crippen LogP contribution in [0.5, 0.6) is 0 Å². The molecule has 1 N–H and O–H groups in total. The molecule has 1 aliphatic carbocycles. The maximum absolute atomic E-state index is 12.6. The molecule has 0 aromatic carbocycles. The first kappa shape index (κ1) is 17.6. The first-order valence-corrected chi connectivity index (χ1v) is 9.30. The van der Waals surface area contributed by atoms with Gasteiger partial charge in [0.2, 0.25) is 5.91 Å². The Balaban J connectivity index is 1.58. The van der Waals surface area contributed by atoms with Crippen molar-refractivity contribution in [2.45, 2.75) is 58.8 Å². The minimum atomic E-state index is 0.0842. The van der Waals surface area contributed by atoms with E-state index >= 15 is 0 Å². The number of nitrogens with one attached hydrogen (secondary N) is 1. The molecule has 1 aliphatic rings. The first-order chi connectivity index (χ1) is 12.2. The molecule has 2 aromatic heterocycles. The highest BCUT2D eigenvalue weighted by Gasteiger charge is 2.26. The average Bonchev–Trinajstić information content (AvgIpc) is 3.06. The van der Waals surface area contributed by atoms with Gasteiger partial charge in [-0.05, 0) is 38.5 Å². The van der Waals surface area contributed by atoms with Crippen LogP contribution in [0.15, 0.2) is 24.8 Å². The van der Waals surface area contributed by atoms with Crippen LogP contribution in [0.25, 0.3) is 5.82 Å². The summed E-state index contributed by atoms with van der Waals surface area (Å²) in [5.74, 6) is 3.10. The van der Waals surface area contributed by atoms with Crippen LogP contribution in [0.4, 0.5) is 5.82 Å². The molecule has 0 unspecified atom stereocenters. The Bertz CT molecular complexity index is 703. The lowest BCUT2D eigenvalue weighted by Gasteiger charge is -2.27. The maximum Gasteiger partial charge on any atom is 0.228 e. The second-order valence-electron chi connectivity index (χ2n) is 6.96. The lowest BCUT2D eigenvalue weighted by Crippen LogP contribution is -2.27. The fourth-order valence-corrected chi connectivity index (χ4v) is 3.60. The molecule has 1 amide bonds. The monoisotopic (exact) mass is 341 g/mol. The largest absolute Gasteiger partial charge is 0.310 e. The number of hydrogen-bond donors (Lipinski definition) is 1. The molecule has 3 rings (SSSR count). The van der Waals surface area contributed by atoms with Crippen molar-refractivity contribution in [2.75, 3.05) is 5.32 Å². The zero-order valence-corrected chi connectivity index (χ0v) is 15.1. The van der Waals surface area contributed by atoms with Crippen LogP contribution < -0.4 is 5.32 Å². The van der Waals surface area contributed by atoms with Gasteiger partial charge in [0.05, 0.1) is 0 Å². The Morgan fingerprint density at radius 3 is 2.72 bits per heavy atom. The van der Waals surface area contributed by atoms with E-state index in [1.54, 1.807) is 12.3 Å². The standard InChI is InChI=1S/C19H27N5O/c1-3-4-5-15-6-8-16(9-7-15)19(25)23-17-12-18(22-13-21-17)24-11-10-20-14(24)2/h10-13,15-16H,3-9H2,1-2H3,(H,21,22,23,25). The number of unbranched alkanes of at least 4 members (excludes halogenated alkanes) is 1. The summed E-state index contributed by atoms with van der Waals surface area (Å²) in [6.45, 7) is 4.15. The Kier molecular flexibility index (Phi) is 5.79. The van der Waals surface area contributed by atoms with Crippen molar-refractivity contribution in [1.82, 2.24) is 19.5 Å². The molecule has 0 atom stereocenters. The summed E-state index contributed by atoms with van der Waals surface area (Å²) in [7, 11) is 0. The average molecular weight is 341 g/mol. The number of imidazole rings is 1. The molecule has 2 heterocycles. The molecule has 0 bridgehead atoms. The Morgan fingerprint density at radius 2 is 2.04 bits per heavy atom. The van der Waals surface area contributed by atoms with Crippen LogP contribution in [-0.4, -0.2) is 25.4 Å². The third kappa shape index (κ3) is 4.44. The van der Waals surface area contributed by atoms with Crippen LogP contribution in [-0.2, 0) is 4.79 Å². The van der Waals surface area contributed by atoms with Gasteiger partial charge in [-0.25, -0.2) is 15.0 Å². The summed E-state index contributed by atoms with van der Waals surface area (Å²) in [6.07, 6.45) is 13.2. The van der Waals surface area contributed by atoms with E-state index in [1.165, 1.54) is 38.4 Å². The summed E-state index contributed by atoms with van der Waals surface area (Å²) < 4.78 is 1.87. The Morgan fingerprint density at radius 1 is 1.24 bits per heavy atom. The van der Waals surface area contributed by atoms with Gasteiger partial charge in [-0.1, -0.05) is 26.2 Å². The van der Waals surface area contributed by atoms with Crippen molar-refractivity contribution in [3.63, 3.8) is 0 Å². The van der Waals surface area contributed by atoms with Crippen molar-refractivity contribution in [3.8, 4) is 5.82 Å². The van der Waals surface area contributed by atoms with Gasteiger partial charge in [0.1, 0.15) is 23.8 Å². The van der Waals surface area contributed by atoms with E-state index in [1.807, 2.05) is 17.7 Å². The number of amides is 1. The third-order valence-corrected chi connectivity index (χ3v) is 5.16. The molecular formula is C19H27N5O. The van der Waals surface area contributed by atoms with Gasteiger partial charge >= 0.3 is 0 Å². The van der Waals surface area contributed by atoms with Crippen molar-refractivity contribution >= 4 is 11.7 Å². The normalized spacial score (nSPS) is 20.4. The Hall–Kier alpha value is -2.24. The van der Waals surface area contributed by atoms with Gasteiger partial charge in [0.25, 0.3) is 0 Å². The number of carbonyl (C=O) groups is 1. The van der Waals surface area contributed by atoms with Crippen LogP contribution in [0.1, 0.15) is 57.7 Å². The van der Waals surface area contributed by atoms with Crippen molar-refractivity contribution in [2.24, 2.45) is 11.8 Å². The van der Waals surface area contributed by atoms with Gasteiger partial charge in [0.15, 0.2) is 0 Å². The molecule has 25 heavy (non-hydrogen) atoms. The highest BCUT2D eigenvalue weighted by molar-refractivity contribution is 5.91. The third-order valence-electron chi connectivity index (χ3n) is 5.16. The molecule has 0 spiro atoms. The van der Waals surface area contributed by atoms with Crippen LogP contribution in [0, 0.1) is 18.8 Å². The summed E-state index contributed by atoms with van der Waals surface area (Å²) in [5.41, 5.74) is 0. The lowest BCUT2D eigenvalue weighted by atomic mass is 9.79. The number of aromatic nitrogens is 4. The van der Waals surface area contributed by atoms with Crippen molar-refractivity contribution in [3.05, 3.63) is 30.6 Å². The summed E-state index contributed by atoms with van der Waals surface area (Å²) in [6, 6.07) is 1.79. The van der Waals surface area contributed by atoms with Crippen molar-refractivity contribution < 1.29 is 4.79 Å². The van der Waals surface area contributed by atoms with E-state index in [0.717, 1.165) is 24.6 Å². The van der Waals surface area contributed by atoms with Crippen molar-refractivity contribution in [1.29, 1.82) is 0 Å². The molecule has 2 aromatic rings. The minimum absolute atomic E-state index is 0.0842. The fraction of sp³-hybridized carbons (Fsp3) is 0.579. The van der Waals surface area contributed by atoms with E-state index in [4.69, 9.17) is 0 Å². The summed E-state index contributed by atoms with van der Waals surface area (Å²) in [5, 5.41) is 2.97. The SMILES string of the molecule is CCCCC1CCC(C(=O)Nc2cc(-n3ccnc3C)ncn2)CC1. The molecule has 6 nitrogen and oxygen atoms in total. The highest BCUT2D eigenvalue weighted by Crippen LogP contribution is 2.32. The number of carbonyl (C=O) groups excluding carboxylic acids is 1. The zero-order valence-electron chi connectivity index (χ0n) is 15.1. The number of nitrogens with zero attached hydrogens (tertiary/aromatic N) is 4. The molecule has 134 valence electrons. The maximum atomic E-state index is 12.6. The van der Waals surface area contributed by atoms with E-state index in [9.17, 15) is 4.79 Å². The van der Waals surface area contributed by atoms with Gasteiger partial charge in [-0.3, -0.25) is 9.36 Å². The second kappa shape index (κ2) is 8.23. The predicted molar refractivity (Wildman–Crippen MR) is 97.5 cm³/mol. The second-order valence-corrected chi connectivity index (χ2v) is 6.96. The first-order valence-electron chi connectivity index (χ1n) is 9.30. The van der Waals surface area contributed by atoms with E-state index < -0.39 is 0 Å². The van der Waals surface area contributed by atoms with Gasteiger partial charge in [-0.15, -0.1) is 0 Å². The van der Waals surface area contributed by atoms with Gasteiger partial charge in [-0.2, -0.15) is 0 Å². The molecule has 1 saturated carbocycles. The van der Waals surface area contributed by atoms with E-state index in [0.29, 0.717) is 11.6 Å². The fourth-order valence-electron chi connectivity index (χ4n) is 3.60. The predicted octanol–water partition coefficient (Wildman–Crippen LogP) is 3.91. The number of rotatable bonds is 6. The summed E-state index contributed by atoms with van der Waals surface area (Å²) >= 11 is 0. The number of anilines is 1. The molecule has 0 aliphatic heterocycles. The van der Waals surface area contributed by atoms with Crippen LogP contribution >= 0.6 is 0 Å². The molecule has 0 saturated heterocycles. The zero-order chi connectivity index (χ0) is 17.6. The number of aryl methyl sites for hydroxylation is 1. The summed E-state index contributed by atoms with van der Waals surface area (Å²) in [4.78, 5) is 25.2. The molecule has 1 fully saturated rings. The number of hydrogen-bond acceptors (Lipinski definition) is 4. The van der Waals surface area contributed by atoms with Gasteiger partial charge in [0, 0.05) is 24.4 Å². The Labute approximate surface area is 149 Å². The van der Waals surface area contributed by atoms with Crippen LogP contribution in [0.3, 0.4) is 0 Å². The van der Waals surface area contributed by atoms with E-state index in [-0.39, 0.29) is 11.8 Å². The van der Waals surface area contributed by atoms with Gasteiger partial charge < -0.3 is 5.32 Å². The lowest BCUT2D eigenvalue weighted by molar-refractivity contribution is -0.121. The quantitative estimate of drug-likeness (QED) is 0.864. The topological polar surface area (TPSA) is 72.7 Å².